The molecule has 3 nitrogen and oxygen atoms in total. The minimum Gasteiger partial charge on any atom is -0.481 e. The molecule has 0 aliphatic heterocycles. The second-order valence-electron chi connectivity index (χ2n) is 4.45. The van der Waals surface area contributed by atoms with Crippen molar-refractivity contribution in [3.8, 4) is 0 Å². The van der Waals surface area contributed by atoms with Crippen LogP contribution in [0.15, 0.2) is 22.6 Å². The molecule has 3 heteroatoms. The third kappa shape index (κ3) is 1.24. The van der Waals surface area contributed by atoms with Gasteiger partial charge in [-0.1, -0.05) is 11.6 Å². The van der Waals surface area contributed by atoms with Crippen molar-refractivity contribution in [2.75, 3.05) is 0 Å². The summed E-state index contributed by atoms with van der Waals surface area (Å²) in [7, 11) is 0. The van der Waals surface area contributed by atoms with E-state index in [1.165, 1.54) is 5.56 Å². The third-order valence-corrected chi connectivity index (χ3v) is 3.26. The van der Waals surface area contributed by atoms with E-state index in [0.29, 0.717) is 12.8 Å². The molecule has 0 fully saturated rings. The van der Waals surface area contributed by atoms with Crippen LogP contribution in [-0.2, 0) is 17.6 Å². The first kappa shape index (κ1) is 9.46. The standard InChI is InChI=1S/C13H12O3/c1-7-2-3-11-9(4-7)10-5-8(13(14)15)6-12(10)16-11/h2-4,8H,5-6H2,1H3,(H,14,15). The average Bonchev–Trinajstić information content (AvgIpc) is 2.75. The predicted octanol–water partition coefficient (Wildman–Crippen LogP) is 2.54. The number of fused-ring (bicyclic) bond motifs is 3. The fraction of sp³-hybridized carbons (Fsp3) is 0.308. The lowest BCUT2D eigenvalue weighted by molar-refractivity contribution is -0.141. The summed E-state index contributed by atoms with van der Waals surface area (Å²) in [6.45, 7) is 2.03. The van der Waals surface area contributed by atoms with Gasteiger partial charge in [-0.2, -0.15) is 0 Å². The molecule has 0 saturated carbocycles. The number of benzene rings is 1. The van der Waals surface area contributed by atoms with Gasteiger partial charge in [-0.15, -0.1) is 0 Å². The van der Waals surface area contributed by atoms with Crippen molar-refractivity contribution in [3.05, 3.63) is 35.1 Å². The van der Waals surface area contributed by atoms with E-state index in [0.717, 1.165) is 22.3 Å². The molecule has 1 aliphatic rings. The van der Waals surface area contributed by atoms with Crippen LogP contribution in [0.3, 0.4) is 0 Å². The molecule has 1 aliphatic carbocycles. The number of carbonyl (C=O) groups is 1. The van der Waals surface area contributed by atoms with Crippen LogP contribution >= 0.6 is 0 Å². The zero-order valence-electron chi connectivity index (χ0n) is 8.99. The van der Waals surface area contributed by atoms with Crippen LogP contribution in [0, 0.1) is 12.8 Å². The predicted molar refractivity (Wildman–Crippen MR) is 59.5 cm³/mol. The van der Waals surface area contributed by atoms with Gasteiger partial charge in [-0.3, -0.25) is 4.79 Å². The van der Waals surface area contributed by atoms with E-state index in [1.807, 2.05) is 19.1 Å². The molecule has 0 spiro atoms. The Kier molecular flexibility index (Phi) is 1.84. The molecule has 1 N–H and O–H groups in total. The number of hydrogen-bond acceptors (Lipinski definition) is 2. The van der Waals surface area contributed by atoms with Gasteiger partial charge >= 0.3 is 5.97 Å². The molecule has 82 valence electrons. The largest absolute Gasteiger partial charge is 0.481 e. The number of rotatable bonds is 1. The fourth-order valence-electron chi connectivity index (χ4n) is 2.42. The number of furan rings is 1. The molecule has 2 aromatic rings. The summed E-state index contributed by atoms with van der Waals surface area (Å²) < 4.78 is 5.68. The van der Waals surface area contributed by atoms with Crippen molar-refractivity contribution in [3.63, 3.8) is 0 Å². The van der Waals surface area contributed by atoms with Crippen molar-refractivity contribution < 1.29 is 14.3 Å². The minimum atomic E-state index is -0.729. The zero-order valence-corrected chi connectivity index (χ0v) is 8.99. The molecule has 1 unspecified atom stereocenters. The van der Waals surface area contributed by atoms with Crippen LogP contribution in [0.25, 0.3) is 11.0 Å². The van der Waals surface area contributed by atoms with Gasteiger partial charge in [-0.05, 0) is 25.5 Å². The zero-order chi connectivity index (χ0) is 11.3. The van der Waals surface area contributed by atoms with Crippen molar-refractivity contribution in [2.24, 2.45) is 5.92 Å². The normalized spacial score (nSPS) is 18.9. The van der Waals surface area contributed by atoms with Crippen molar-refractivity contribution in [2.45, 2.75) is 19.8 Å². The second kappa shape index (κ2) is 3.11. The Bertz CT molecular complexity index is 580. The summed E-state index contributed by atoms with van der Waals surface area (Å²) in [5, 5.41) is 10.1. The third-order valence-electron chi connectivity index (χ3n) is 3.26. The van der Waals surface area contributed by atoms with Gasteiger partial charge in [0.1, 0.15) is 11.3 Å². The number of aryl methyl sites for hydroxylation is 1. The average molecular weight is 216 g/mol. The van der Waals surface area contributed by atoms with Gasteiger partial charge in [0.05, 0.1) is 5.92 Å². The van der Waals surface area contributed by atoms with Crippen molar-refractivity contribution >= 4 is 16.9 Å². The monoisotopic (exact) mass is 216 g/mol. The molecule has 0 amide bonds. The summed E-state index contributed by atoms with van der Waals surface area (Å²) in [5.74, 6) is -0.182. The number of carboxylic acids is 1. The Balaban J connectivity index is 2.13. The van der Waals surface area contributed by atoms with E-state index >= 15 is 0 Å². The smallest absolute Gasteiger partial charge is 0.307 e. The maximum absolute atomic E-state index is 10.9. The van der Waals surface area contributed by atoms with Crippen LogP contribution in [0.1, 0.15) is 16.9 Å². The Hall–Kier alpha value is -1.77. The quantitative estimate of drug-likeness (QED) is 0.796. The van der Waals surface area contributed by atoms with Crippen molar-refractivity contribution in [1.29, 1.82) is 0 Å². The highest BCUT2D eigenvalue weighted by Crippen LogP contribution is 2.35. The van der Waals surface area contributed by atoms with Gasteiger partial charge in [0, 0.05) is 17.4 Å². The summed E-state index contributed by atoms with van der Waals surface area (Å²) in [6, 6.07) is 6.04. The van der Waals surface area contributed by atoms with E-state index < -0.39 is 5.97 Å². The molecule has 1 aromatic heterocycles. The van der Waals surface area contributed by atoms with Gasteiger partial charge < -0.3 is 9.52 Å². The highest BCUT2D eigenvalue weighted by molar-refractivity contribution is 5.85. The fourth-order valence-corrected chi connectivity index (χ4v) is 2.42. The van der Waals surface area contributed by atoms with Gasteiger partial charge in [0.25, 0.3) is 0 Å². The van der Waals surface area contributed by atoms with Crippen LogP contribution in [-0.4, -0.2) is 11.1 Å². The van der Waals surface area contributed by atoms with Crippen LogP contribution in [0.5, 0.6) is 0 Å². The first-order valence-corrected chi connectivity index (χ1v) is 5.39. The molecule has 1 aromatic carbocycles. The molecule has 0 radical (unpaired) electrons. The molecule has 16 heavy (non-hydrogen) atoms. The van der Waals surface area contributed by atoms with E-state index in [4.69, 9.17) is 9.52 Å². The number of carboxylic acid groups (broad SMARTS) is 1. The van der Waals surface area contributed by atoms with E-state index in [1.54, 1.807) is 0 Å². The van der Waals surface area contributed by atoms with Gasteiger partial charge in [0.15, 0.2) is 0 Å². The Labute approximate surface area is 92.7 Å². The number of hydrogen-bond donors (Lipinski definition) is 1. The first-order valence-electron chi connectivity index (χ1n) is 5.39. The minimum absolute atomic E-state index is 0.307. The SMILES string of the molecule is Cc1ccc2oc3c(c2c1)CC(C(=O)O)C3. The summed E-state index contributed by atoms with van der Waals surface area (Å²) in [4.78, 5) is 10.9. The van der Waals surface area contributed by atoms with Crippen LogP contribution < -0.4 is 0 Å². The molecule has 1 heterocycles. The Morgan fingerprint density at radius 2 is 2.25 bits per heavy atom. The maximum atomic E-state index is 10.9. The molecule has 0 saturated heterocycles. The molecular formula is C13H12O3. The topological polar surface area (TPSA) is 50.4 Å². The van der Waals surface area contributed by atoms with Crippen LogP contribution in [0.4, 0.5) is 0 Å². The summed E-state index contributed by atoms with van der Waals surface area (Å²) >= 11 is 0. The maximum Gasteiger partial charge on any atom is 0.307 e. The second-order valence-corrected chi connectivity index (χ2v) is 4.45. The lowest BCUT2D eigenvalue weighted by Crippen LogP contribution is -2.13. The lowest BCUT2D eigenvalue weighted by atomic mass is 10.0. The molecular weight excluding hydrogens is 204 g/mol. The van der Waals surface area contributed by atoms with E-state index in [2.05, 4.69) is 6.07 Å². The van der Waals surface area contributed by atoms with Gasteiger partial charge in [0.2, 0.25) is 0 Å². The lowest BCUT2D eigenvalue weighted by Gasteiger charge is -2.01. The van der Waals surface area contributed by atoms with Gasteiger partial charge in [-0.25, -0.2) is 0 Å². The Morgan fingerprint density at radius 1 is 1.44 bits per heavy atom. The molecule has 0 bridgehead atoms. The van der Waals surface area contributed by atoms with Crippen molar-refractivity contribution in [1.82, 2.24) is 0 Å². The summed E-state index contributed by atoms with van der Waals surface area (Å²) in [6.07, 6.45) is 1.12. The highest BCUT2D eigenvalue weighted by atomic mass is 16.4. The van der Waals surface area contributed by atoms with E-state index in [9.17, 15) is 4.79 Å². The van der Waals surface area contributed by atoms with Crippen LogP contribution in [0.2, 0.25) is 0 Å². The summed E-state index contributed by atoms with van der Waals surface area (Å²) in [5.41, 5.74) is 3.14. The highest BCUT2D eigenvalue weighted by Gasteiger charge is 2.31. The molecule has 1 atom stereocenters. The number of aliphatic carboxylic acids is 1. The Morgan fingerprint density at radius 3 is 3.00 bits per heavy atom. The first-order chi connectivity index (χ1) is 7.65. The molecule has 3 rings (SSSR count). The van der Waals surface area contributed by atoms with E-state index in [-0.39, 0.29) is 5.92 Å².